The standard InChI is InChI=1S/C24H22ClFN2O3S2.C2H6/c25-18-7-5-17(6-8-18)22-16-31-23-15-19(27-11-13-32(29)14-12-27)9-10-21(23)28(22)33(30)24-4-2-1-3-20(24)26;1-2/h1-10,15,22H,11-14,16H2;1-2H3. The van der Waals surface area contributed by atoms with E-state index in [-0.39, 0.29) is 11.5 Å². The highest BCUT2D eigenvalue weighted by Crippen LogP contribution is 2.44. The van der Waals surface area contributed by atoms with Crippen LogP contribution in [0.3, 0.4) is 0 Å². The summed E-state index contributed by atoms with van der Waals surface area (Å²) >= 11 is 6.07. The fraction of sp³-hybridized carbons (Fsp3) is 0.308. The lowest BCUT2D eigenvalue weighted by Crippen LogP contribution is -2.39. The third-order valence-electron chi connectivity index (χ3n) is 5.86. The molecule has 0 radical (unpaired) electrons. The van der Waals surface area contributed by atoms with Gasteiger partial charge in [0.15, 0.2) is 11.0 Å². The molecule has 2 unspecified atom stereocenters. The van der Waals surface area contributed by atoms with Crippen LogP contribution in [0.4, 0.5) is 15.8 Å². The summed E-state index contributed by atoms with van der Waals surface area (Å²) < 4.78 is 47.9. The first-order chi connectivity index (χ1) is 17.0. The molecule has 186 valence electrons. The van der Waals surface area contributed by atoms with Crippen LogP contribution in [-0.4, -0.2) is 39.6 Å². The third kappa shape index (κ3) is 5.55. The smallest absolute Gasteiger partial charge is 0.156 e. The van der Waals surface area contributed by atoms with Crippen molar-refractivity contribution < 1.29 is 17.5 Å². The van der Waals surface area contributed by atoms with E-state index in [0.717, 1.165) is 11.3 Å². The van der Waals surface area contributed by atoms with Crippen molar-refractivity contribution in [3.63, 3.8) is 0 Å². The molecule has 0 aliphatic carbocycles. The predicted molar refractivity (Wildman–Crippen MR) is 143 cm³/mol. The molecule has 5 rings (SSSR count). The van der Waals surface area contributed by atoms with Gasteiger partial charge in [-0.3, -0.25) is 8.51 Å². The Balaban J connectivity index is 0.00000141. The van der Waals surface area contributed by atoms with E-state index in [2.05, 4.69) is 4.90 Å². The lowest BCUT2D eigenvalue weighted by Gasteiger charge is -2.38. The molecule has 1 saturated heterocycles. The monoisotopic (exact) mass is 534 g/mol. The van der Waals surface area contributed by atoms with Crippen molar-refractivity contribution in [2.75, 3.05) is 40.4 Å². The molecule has 2 aliphatic rings. The Kier molecular flexibility index (Phi) is 8.46. The number of nitrogens with zero attached hydrogens (tertiary/aromatic N) is 2. The first kappa shape index (κ1) is 25.7. The third-order valence-corrected chi connectivity index (χ3v) is 8.91. The largest absolute Gasteiger partial charge is 0.489 e. The zero-order valence-corrected chi connectivity index (χ0v) is 22.0. The molecule has 1 fully saturated rings. The quantitative estimate of drug-likeness (QED) is 0.428. The lowest BCUT2D eigenvalue weighted by atomic mass is 10.1. The van der Waals surface area contributed by atoms with E-state index in [9.17, 15) is 12.8 Å². The SMILES string of the molecule is CC.O=S1CCN(c2ccc3c(c2)OCC(c2ccc(Cl)cc2)N3S(=O)c2ccccc2F)CC1. The second kappa shape index (κ2) is 11.5. The van der Waals surface area contributed by atoms with Gasteiger partial charge in [-0.1, -0.05) is 49.7 Å². The molecule has 2 aliphatic heterocycles. The van der Waals surface area contributed by atoms with Crippen LogP contribution in [0.25, 0.3) is 0 Å². The summed E-state index contributed by atoms with van der Waals surface area (Å²) in [6.07, 6.45) is 0. The van der Waals surface area contributed by atoms with Crippen LogP contribution in [0.5, 0.6) is 5.75 Å². The number of fused-ring (bicyclic) bond motifs is 1. The van der Waals surface area contributed by atoms with Crippen molar-refractivity contribution in [3.05, 3.63) is 83.1 Å². The summed E-state index contributed by atoms with van der Waals surface area (Å²) in [6.45, 7) is 5.68. The molecule has 35 heavy (non-hydrogen) atoms. The number of ether oxygens (including phenoxy) is 1. The molecule has 3 aromatic rings. The highest BCUT2D eigenvalue weighted by Gasteiger charge is 2.35. The van der Waals surface area contributed by atoms with Crippen LogP contribution in [0.15, 0.2) is 71.6 Å². The summed E-state index contributed by atoms with van der Waals surface area (Å²) in [5.41, 5.74) is 2.47. The summed E-state index contributed by atoms with van der Waals surface area (Å²) in [4.78, 5) is 2.29. The highest BCUT2D eigenvalue weighted by atomic mass is 35.5. The van der Waals surface area contributed by atoms with Gasteiger partial charge in [0.2, 0.25) is 0 Å². The van der Waals surface area contributed by atoms with E-state index in [1.165, 1.54) is 6.07 Å². The van der Waals surface area contributed by atoms with Gasteiger partial charge in [0, 0.05) is 52.2 Å². The zero-order chi connectivity index (χ0) is 24.9. The summed E-state index contributed by atoms with van der Waals surface area (Å²) in [5.74, 6) is 1.35. The van der Waals surface area contributed by atoms with Gasteiger partial charge in [-0.15, -0.1) is 0 Å². The normalized spacial score (nSPS) is 18.7. The minimum Gasteiger partial charge on any atom is -0.489 e. The first-order valence-corrected chi connectivity index (χ1v) is 14.6. The highest BCUT2D eigenvalue weighted by molar-refractivity contribution is 7.86. The maximum atomic E-state index is 14.6. The Morgan fingerprint density at radius 3 is 2.40 bits per heavy atom. The minimum atomic E-state index is -1.80. The fourth-order valence-corrected chi connectivity index (χ4v) is 6.67. The van der Waals surface area contributed by atoms with Crippen LogP contribution < -0.4 is 13.9 Å². The van der Waals surface area contributed by atoms with Crippen molar-refractivity contribution in [3.8, 4) is 5.75 Å². The molecule has 0 amide bonds. The fourth-order valence-electron chi connectivity index (χ4n) is 4.11. The van der Waals surface area contributed by atoms with E-state index in [0.29, 0.717) is 41.1 Å². The van der Waals surface area contributed by atoms with E-state index >= 15 is 0 Å². The number of rotatable bonds is 4. The van der Waals surface area contributed by atoms with Crippen molar-refractivity contribution in [2.24, 2.45) is 0 Å². The van der Waals surface area contributed by atoms with E-state index in [1.807, 2.05) is 44.2 Å². The Bertz CT molecular complexity index is 1220. The van der Waals surface area contributed by atoms with Gasteiger partial charge >= 0.3 is 0 Å². The van der Waals surface area contributed by atoms with E-state index in [4.69, 9.17) is 16.3 Å². The van der Waals surface area contributed by atoms with Crippen molar-refractivity contribution in [1.82, 2.24) is 0 Å². The Morgan fingerprint density at radius 1 is 1.03 bits per heavy atom. The molecule has 2 atom stereocenters. The Hall–Kier alpha value is -2.42. The lowest BCUT2D eigenvalue weighted by molar-refractivity contribution is 0.277. The average molecular weight is 535 g/mol. The van der Waals surface area contributed by atoms with Gasteiger partial charge in [0.05, 0.1) is 10.6 Å². The van der Waals surface area contributed by atoms with Crippen LogP contribution in [-0.2, 0) is 21.8 Å². The molecular weight excluding hydrogens is 507 g/mol. The topological polar surface area (TPSA) is 49.9 Å². The molecule has 9 heteroatoms. The number of hydrogen-bond acceptors (Lipinski definition) is 4. The van der Waals surface area contributed by atoms with Gasteiger partial charge in [-0.2, -0.15) is 0 Å². The van der Waals surface area contributed by atoms with E-state index < -0.39 is 33.6 Å². The molecule has 0 saturated carbocycles. The minimum absolute atomic E-state index is 0.117. The zero-order valence-electron chi connectivity index (χ0n) is 19.7. The molecule has 0 bridgehead atoms. The van der Waals surface area contributed by atoms with Crippen LogP contribution in [0.1, 0.15) is 25.5 Å². The van der Waals surface area contributed by atoms with Crippen LogP contribution in [0.2, 0.25) is 5.02 Å². The Labute approximate surface area is 215 Å². The first-order valence-electron chi connectivity index (χ1n) is 11.6. The molecule has 3 aromatic carbocycles. The molecule has 0 N–H and O–H groups in total. The number of benzene rings is 3. The maximum absolute atomic E-state index is 14.6. The van der Waals surface area contributed by atoms with Gasteiger partial charge in [0.25, 0.3) is 0 Å². The van der Waals surface area contributed by atoms with Crippen molar-refractivity contribution in [1.29, 1.82) is 0 Å². The van der Waals surface area contributed by atoms with Crippen LogP contribution in [0, 0.1) is 5.82 Å². The number of halogens is 2. The maximum Gasteiger partial charge on any atom is 0.156 e. The van der Waals surface area contributed by atoms with Gasteiger partial charge < -0.3 is 9.64 Å². The Morgan fingerprint density at radius 2 is 1.71 bits per heavy atom. The molecule has 0 aromatic heterocycles. The van der Waals surface area contributed by atoms with Crippen LogP contribution >= 0.6 is 11.6 Å². The van der Waals surface area contributed by atoms with Crippen molar-refractivity contribution >= 4 is 44.8 Å². The second-order valence-corrected chi connectivity index (χ2v) is 11.3. The number of anilines is 2. The number of hydrogen-bond donors (Lipinski definition) is 0. The van der Waals surface area contributed by atoms with Gasteiger partial charge in [0.1, 0.15) is 24.2 Å². The summed E-state index contributed by atoms with van der Waals surface area (Å²) in [5, 5.41) is 0.602. The summed E-state index contributed by atoms with van der Waals surface area (Å²) in [6, 6.07) is 18.8. The van der Waals surface area contributed by atoms with E-state index in [1.54, 1.807) is 34.6 Å². The molecule has 0 spiro atoms. The summed E-state index contributed by atoms with van der Waals surface area (Å²) in [7, 11) is -2.57. The average Bonchev–Trinajstić information content (AvgIpc) is 2.90. The predicted octanol–water partition coefficient (Wildman–Crippen LogP) is 5.74. The van der Waals surface area contributed by atoms with Crippen molar-refractivity contribution in [2.45, 2.75) is 24.8 Å². The molecule has 2 heterocycles. The van der Waals surface area contributed by atoms with Gasteiger partial charge in [-0.25, -0.2) is 8.60 Å². The second-order valence-electron chi connectivity index (χ2n) is 7.87. The molecule has 5 nitrogen and oxygen atoms in total. The molecular formula is C26H28ClFN2O3S2. The van der Waals surface area contributed by atoms with Gasteiger partial charge in [-0.05, 0) is 42.0 Å².